The second-order valence-corrected chi connectivity index (χ2v) is 8.07. The molecule has 2 rings (SSSR count). The molecule has 2 aromatic rings. The first-order valence-electron chi connectivity index (χ1n) is 9.87. The Kier molecular flexibility index (Phi) is 6.98. The summed E-state index contributed by atoms with van der Waals surface area (Å²) < 4.78 is 7.29. The number of nitrogens with one attached hydrogen (secondary N) is 1. The predicted molar refractivity (Wildman–Crippen MR) is 109 cm³/mol. The van der Waals surface area contributed by atoms with Crippen LogP contribution in [0.5, 0.6) is 0 Å². The molecule has 0 radical (unpaired) electrons. The number of hydrogen-bond acceptors (Lipinski definition) is 4. The van der Waals surface area contributed by atoms with Crippen molar-refractivity contribution in [3.63, 3.8) is 0 Å². The lowest BCUT2D eigenvalue weighted by Crippen LogP contribution is -2.25. The first-order valence-corrected chi connectivity index (χ1v) is 9.87. The van der Waals surface area contributed by atoms with Crippen LogP contribution in [0.4, 0.5) is 0 Å². The molecule has 1 amide bonds. The average molecular weight is 375 g/mol. The quantitative estimate of drug-likeness (QED) is 0.717. The van der Waals surface area contributed by atoms with E-state index in [1.807, 2.05) is 25.5 Å². The molecule has 0 atom stereocenters. The highest BCUT2D eigenvalue weighted by molar-refractivity contribution is 5.84. The third-order valence-electron chi connectivity index (χ3n) is 4.80. The van der Waals surface area contributed by atoms with Crippen molar-refractivity contribution in [2.75, 3.05) is 19.8 Å². The highest BCUT2D eigenvalue weighted by Gasteiger charge is 2.23. The van der Waals surface area contributed by atoms with E-state index in [-0.39, 0.29) is 11.4 Å². The first kappa shape index (κ1) is 21.4. The van der Waals surface area contributed by atoms with Crippen LogP contribution < -0.4 is 5.32 Å². The van der Waals surface area contributed by atoms with E-state index in [0.29, 0.717) is 32.6 Å². The Morgan fingerprint density at radius 1 is 1.19 bits per heavy atom. The zero-order valence-corrected chi connectivity index (χ0v) is 17.9. The average Bonchev–Trinajstić information content (AvgIpc) is 2.91. The van der Waals surface area contributed by atoms with Gasteiger partial charge in [-0.3, -0.25) is 4.79 Å². The SMILES string of the molecule is CCOCCCNC(=O)CCc1c(C)nc2c(c(C)nn2C(C)(C)C)c1C. The van der Waals surface area contributed by atoms with Crippen LogP contribution in [-0.4, -0.2) is 40.4 Å². The lowest BCUT2D eigenvalue weighted by molar-refractivity contribution is -0.121. The highest BCUT2D eigenvalue weighted by atomic mass is 16.5. The number of aryl methyl sites for hydroxylation is 3. The fourth-order valence-corrected chi connectivity index (χ4v) is 3.42. The fraction of sp³-hybridized carbons (Fsp3) is 0.667. The summed E-state index contributed by atoms with van der Waals surface area (Å²) in [4.78, 5) is 17.0. The summed E-state index contributed by atoms with van der Waals surface area (Å²) in [6.45, 7) is 16.6. The molecule has 0 fully saturated rings. The third kappa shape index (κ3) is 5.06. The van der Waals surface area contributed by atoms with Crippen LogP contribution in [0.25, 0.3) is 11.0 Å². The molecule has 2 aromatic heterocycles. The van der Waals surface area contributed by atoms with Gasteiger partial charge in [0.05, 0.1) is 11.2 Å². The Hall–Kier alpha value is -1.95. The molecule has 0 aliphatic heterocycles. The molecule has 6 nitrogen and oxygen atoms in total. The number of carbonyl (C=O) groups is 1. The standard InChI is InChI=1S/C21H34N4O2/c1-8-27-13-9-12-22-18(26)11-10-17-14(2)19-16(4)24-25(21(5,6)7)20(19)23-15(17)3/h8-13H2,1-7H3,(H,22,26). The van der Waals surface area contributed by atoms with E-state index in [1.54, 1.807) is 0 Å². The Bertz CT molecular complexity index is 803. The van der Waals surface area contributed by atoms with E-state index in [2.05, 4.69) is 33.0 Å². The molecule has 0 saturated heterocycles. The minimum absolute atomic E-state index is 0.0764. The topological polar surface area (TPSA) is 69.0 Å². The summed E-state index contributed by atoms with van der Waals surface area (Å²) in [6.07, 6.45) is 2.00. The van der Waals surface area contributed by atoms with Crippen molar-refractivity contribution in [2.45, 2.75) is 73.3 Å². The molecule has 2 heterocycles. The smallest absolute Gasteiger partial charge is 0.220 e. The molecule has 27 heavy (non-hydrogen) atoms. The van der Waals surface area contributed by atoms with E-state index in [4.69, 9.17) is 14.8 Å². The van der Waals surface area contributed by atoms with E-state index in [0.717, 1.165) is 34.4 Å². The van der Waals surface area contributed by atoms with Gasteiger partial charge in [0.25, 0.3) is 0 Å². The van der Waals surface area contributed by atoms with Gasteiger partial charge >= 0.3 is 0 Å². The van der Waals surface area contributed by atoms with Gasteiger partial charge in [-0.2, -0.15) is 5.10 Å². The largest absolute Gasteiger partial charge is 0.382 e. The summed E-state index contributed by atoms with van der Waals surface area (Å²) in [6, 6.07) is 0. The summed E-state index contributed by atoms with van der Waals surface area (Å²) in [5, 5.41) is 8.81. The Morgan fingerprint density at radius 3 is 2.52 bits per heavy atom. The number of amides is 1. The van der Waals surface area contributed by atoms with E-state index >= 15 is 0 Å². The van der Waals surface area contributed by atoms with Gasteiger partial charge in [0, 0.05) is 37.3 Å². The minimum atomic E-state index is -0.124. The molecular formula is C21H34N4O2. The van der Waals surface area contributed by atoms with E-state index < -0.39 is 0 Å². The van der Waals surface area contributed by atoms with Crippen LogP contribution in [0.3, 0.4) is 0 Å². The number of carbonyl (C=O) groups excluding carboxylic acids is 1. The number of nitrogens with zero attached hydrogens (tertiary/aromatic N) is 3. The van der Waals surface area contributed by atoms with Crippen LogP contribution in [-0.2, 0) is 21.5 Å². The molecule has 0 aromatic carbocycles. The van der Waals surface area contributed by atoms with Crippen molar-refractivity contribution in [3.05, 3.63) is 22.5 Å². The lowest BCUT2D eigenvalue weighted by atomic mass is 9.99. The van der Waals surface area contributed by atoms with E-state index in [9.17, 15) is 4.79 Å². The molecule has 1 N–H and O–H groups in total. The van der Waals surface area contributed by atoms with Crippen molar-refractivity contribution >= 4 is 16.9 Å². The van der Waals surface area contributed by atoms with Crippen LogP contribution in [0.15, 0.2) is 0 Å². The summed E-state index contributed by atoms with van der Waals surface area (Å²) in [5.74, 6) is 0.0764. The van der Waals surface area contributed by atoms with Gasteiger partial charge in [0.15, 0.2) is 5.65 Å². The molecule has 0 aliphatic carbocycles. The molecule has 0 unspecified atom stereocenters. The molecule has 0 saturated carbocycles. The normalized spacial score (nSPS) is 12.0. The van der Waals surface area contributed by atoms with Gasteiger partial charge in [-0.05, 0) is 72.4 Å². The van der Waals surface area contributed by atoms with Crippen LogP contribution in [0.1, 0.15) is 63.1 Å². The van der Waals surface area contributed by atoms with Gasteiger partial charge in [-0.25, -0.2) is 9.67 Å². The molecular weight excluding hydrogens is 340 g/mol. The summed E-state index contributed by atoms with van der Waals surface area (Å²) in [5.41, 5.74) is 5.12. The molecule has 0 spiro atoms. The molecule has 0 aliphatic rings. The number of ether oxygens (including phenoxy) is 1. The van der Waals surface area contributed by atoms with Gasteiger partial charge in [-0.15, -0.1) is 0 Å². The van der Waals surface area contributed by atoms with Crippen molar-refractivity contribution in [1.29, 1.82) is 0 Å². The lowest BCUT2D eigenvalue weighted by Gasteiger charge is -2.20. The van der Waals surface area contributed by atoms with Crippen LogP contribution >= 0.6 is 0 Å². The van der Waals surface area contributed by atoms with Crippen molar-refractivity contribution in [1.82, 2.24) is 20.1 Å². The molecule has 0 bridgehead atoms. The predicted octanol–water partition coefficient (Wildman–Crippen LogP) is 3.59. The zero-order valence-electron chi connectivity index (χ0n) is 17.9. The summed E-state index contributed by atoms with van der Waals surface area (Å²) >= 11 is 0. The number of aromatic nitrogens is 3. The second-order valence-electron chi connectivity index (χ2n) is 8.07. The maximum absolute atomic E-state index is 12.1. The number of rotatable bonds is 8. The van der Waals surface area contributed by atoms with Crippen LogP contribution in [0, 0.1) is 20.8 Å². The second kappa shape index (κ2) is 8.83. The third-order valence-corrected chi connectivity index (χ3v) is 4.80. The minimum Gasteiger partial charge on any atom is -0.382 e. The Labute approximate surface area is 162 Å². The zero-order chi connectivity index (χ0) is 20.2. The molecule has 6 heteroatoms. The van der Waals surface area contributed by atoms with Gasteiger partial charge in [0.2, 0.25) is 5.91 Å². The summed E-state index contributed by atoms with van der Waals surface area (Å²) in [7, 11) is 0. The number of fused-ring (bicyclic) bond motifs is 1. The maximum Gasteiger partial charge on any atom is 0.220 e. The Morgan fingerprint density at radius 2 is 1.89 bits per heavy atom. The number of pyridine rings is 1. The Balaban J connectivity index is 2.13. The monoisotopic (exact) mass is 374 g/mol. The molecule has 150 valence electrons. The first-order chi connectivity index (χ1) is 12.7. The van der Waals surface area contributed by atoms with Crippen LogP contribution in [0.2, 0.25) is 0 Å². The van der Waals surface area contributed by atoms with Crippen molar-refractivity contribution < 1.29 is 9.53 Å². The fourth-order valence-electron chi connectivity index (χ4n) is 3.42. The van der Waals surface area contributed by atoms with Crippen molar-refractivity contribution in [2.24, 2.45) is 0 Å². The van der Waals surface area contributed by atoms with Gasteiger partial charge in [0.1, 0.15) is 0 Å². The highest BCUT2D eigenvalue weighted by Crippen LogP contribution is 2.29. The van der Waals surface area contributed by atoms with E-state index in [1.165, 1.54) is 5.56 Å². The van der Waals surface area contributed by atoms with Crippen molar-refractivity contribution in [3.8, 4) is 0 Å². The van der Waals surface area contributed by atoms with Gasteiger partial charge in [-0.1, -0.05) is 0 Å². The maximum atomic E-state index is 12.1. The number of hydrogen-bond donors (Lipinski definition) is 1. The van der Waals surface area contributed by atoms with Gasteiger partial charge < -0.3 is 10.1 Å².